The second-order valence-electron chi connectivity index (χ2n) is 7.63. The van der Waals surface area contributed by atoms with Crippen LogP contribution in [-0.2, 0) is 26.2 Å². The number of aryl methyl sites for hydroxylation is 2. The molecule has 0 aliphatic rings. The van der Waals surface area contributed by atoms with Crippen LogP contribution in [-0.4, -0.2) is 9.13 Å². The molecule has 2 aromatic heterocycles. The van der Waals surface area contributed by atoms with Crippen LogP contribution in [0.4, 0.5) is 0 Å². The molecule has 0 aromatic carbocycles. The molecule has 2 rings (SSSR count). The summed E-state index contributed by atoms with van der Waals surface area (Å²) in [6.45, 7) is 15.5. The van der Waals surface area contributed by atoms with Crippen molar-refractivity contribution in [1.82, 2.24) is 9.13 Å². The quantitative estimate of drug-likeness (QED) is 0.726. The first-order chi connectivity index (χ1) is 9.82. The minimum Gasteiger partial charge on any atom is -0.237 e. The van der Waals surface area contributed by atoms with Crippen molar-refractivity contribution < 1.29 is 9.13 Å². The van der Waals surface area contributed by atoms with Gasteiger partial charge in [0.2, 0.25) is 12.7 Å². The Labute approximate surface area is 128 Å². The van der Waals surface area contributed by atoms with Gasteiger partial charge in [0.15, 0.2) is 0 Å². The summed E-state index contributed by atoms with van der Waals surface area (Å²) >= 11 is 0. The van der Waals surface area contributed by atoms with Crippen LogP contribution in [0.25, 0.3) is 0 Å². The molecule has 0 amide bonds. The van der Waals surface area contributed by atoms with Gasteiger partial charge >= 0.3 is 0 Å². The minimum absolute atomic E-state index is 0.319. The lowest BCUT2D eigenvalue weighted by Gasteiger charge is -2.14. The van der Waals surface area contributed by atoms with Gasteiger partial charge in [-0.15, -0.1) is 0 Å². The second-order valence-corrected chi connectivity index (χ2v) is 7.63. The normalized spacial score (nSPS) is 12.3. The molecule has 4 nitrogen and oxygen atoms in total. The van der Waals surface area contributed by atoms with E-state index in [4.69, 9.17) is 0 Å². The molecular formula is C17H30N4+2. The zero-order chi connectivity index (χ0) is 15.5. The van der Waals surface area contributed by atoms with Crippen molar-refractivity contribution in [3.8, 4) is 0 Å². The third-order valence-electron chi connectivity index (χ3n) is 3.34. The summed E-state index contributed by atoms with van der Waals surface area (Å²) in [6.07, 6.45) is 13.1. The van der Waals surface area contributed by atoms with E-state index in [1.54, 1.807) is 0 Å². The minimum atomic E-state index is 0.319. The van der Waals surface area contributed by atoms with Gasteiger partial charge in [-0.3, -0.25) is 0 Å². The zero-order valence-corrected chi connectivity index (χ0v) is 14.2. The summed E-state index contributed by atoms with van der Waals surface area (Å²) in [5.74, 6) is 0.687. The lowest BCUT2D eigenvalue weighted by atomic mass is 9.97. The van der Waals surface area contributed by atoms with Crippen LogP contribution >= 0.6 is 0 Å². The fourth-order valence-electron chi connectivity index (χ4n) is 2.54. The van der Waals surface area contributed by atoms with Crippen molar-refractivity contribution in [3.63, 3.8) is 0 Å². The van der Waals surface area contributed by atoms with Gasteiger partial charge in [0.25, 0.3) is 0 Å². The summed E-state index contributed by atoms with van der Waals surface area (Å²) in [7, 11) is 0. The van der Waals surface area contributed by atoms with E-state index in [0.29, 0.717) is 11.3 Å². The summed E-state index contributed by atoms with van der Waals surface area (Å²) in [6, 6.07) is 0. The Hall–Kier alpha value is -1.58. The van der Waals surface area contributed by atoms with Crippen LogP contribution in [0, 0.1) is 11.3 Å². The van der Waals surface area contributed by atoms with Crippen molar-refractivity contribution in [1.29, 1.82) is 0 Å². The Kier molecular flexibility index (Phi) is 4.86. The molecule has 4 heteroatoms. The van der Waals surface area contributed by atoms with Crippen LogP contribution in [0.3, 0.4) is 0 Å². The van der Waals surface area contributed by atoms with E-state index in [1.165, 1.54) is 0 Å². The summed E-state index contributed by atoms with van der Waals surface area (Å²) in [5.41, 5.74) is 0.319. The molecule has 0 saturated heterocycles. The van der Waals surface area contributed by atoms with Crippen molar-refractivity contribution >= 4 is 0 Å². The van der Waals surface area contributed by atoms with Crippen molar-refractivity contribution in [3.05, 3.63) is 37.4 Å². The molecule has 116 valence electrons. The van der Waals surface area contributed by atoms with Gasteiger partial charge in [-0.1, -0.05) is 34.6 Å². The van der Waals surface area contributed by atoms with E-state index in [-0.39, 0.29) is 0 Å². The number of aromatic nitrogens is 4. The maximum absolute atomic E-state index is 2.27. The topological polar surface area (TPSA) is 17.6 Å². The fourth-order valence-corrected chi connectivity index (χ4v) is 2.54. The van der Waals surface area contributed by atoms with Crippen molar-refractivity contribution in [2.24, 2.45) is 11.3 Å². The van der Waals surface area contributed by atoms with Gasteiger partial charge in [0.05, 0.1) is 13.1 Å². The van der Waals surface area contributed by atoms with Crippen LogP contribution in [0.1, 0.15) is 34.6 Å². The van der Waals surface area contributed by atoms with Crippen LogP contribution in [0.2, 0.25) is 0 Å². The van der Waals surface area contributed by atoms with Gasteiger partial charge < -0.3 is 0 Å². The molecule has 0 saturated carbocycles. The van der Waals surface area contributed by atoms with Gasteiger partial charge in [0.1, 0.15) is 37.9 Å². The van der Waals surface area contributed by atoms with E-state index in [9.17, 15) is 0 Å². The molecule has 0 aliphatic heterocycles. The van der Waals surface area contributed by atoms with E-state index in [0.717, 1.165) is 26.2 Å². The lowest BCUT2D eigenvalue weighted by molar-refractivity contribution is -0.707. The highest BCUT2D eigenvalue weighted by molar-refractivity contribution is 4.70. The first kappa shape index (κ1) is 15.8. The molecule has 0 bridgehead atoms. The average molecular weight is 290 g/mol. The molecular weight excluding hydrogens is 260 g/mol. The number of hydrogen-bond donors (Lipinski definition) is 0. The highest BCUT2D eigenvalue weighted by Crippen LogP contribution is 2.12. The Bertz CT molecular complexity index is 557. The average Bonchev–Trinajstić information content (AvgIpc) is 2.93. The smallest absolute Gasteiger partial charge is 0.237 e. The Morgan fingerprint density at radius 3 is 1.95 bits per heavy atom. The molecule has 0 radical (unpaired) electrons. The number of hydrogen-bond acceptors (Lipinski definition) is 0. The SMILES string of the molecule is CC(C)C[n+]1ccn(CCn2cc[n+](CC(C)(C)C)c2)c1. The van der Waals surface area contributed by atoms with E-state index >= 15 is 0 Å². The predicted octanol–water partition coefficient (Wildman–Crippen LogP) is 2.27. The monoisotopic (exact) mass is 290 g/mol. The molecule has 2 heterocycles. The number of imidazole rings is 2. The summed E-state index contributed by atoms with van der Waals surface area (Å²) in [5, 5.41) is 0. The van der Waals surface area contributed by atoms with E-state index < -0.39 is 0 Å². The molecule has 0 N–H and O–H groups in total. The van der Waals surface area contributed by atoms with Crippen LogP contribution in [0.5, 0.6) is 0 Å². The number of rotatable bonds is 6. The van der Waals surface area contributed by atoms with Crippen LogP contribution in [0.15, 0.2) is 37.4 Å². The third-order valence-corrected chi connectivity index (χ3v) is 3.34. The third kappa shape index (κ3) is 5.37. The largest absolute Gasteiger partial charge is 0.243 e. The summed E-state index contributed by atoms with van der Waals surface area (Å²) < 4.78 is 9.06. The lowest BCUT2D eigenvalue weighted by Crippen LogP contribution is -2.38. The zero-order valence-electron chi connectivity index (χ0n) is 14.2. The van der Waals surface area contributed by atoms with Gasteiger partial charge in [-0.25, -0.2) is 18.3 Å². The fraction of sp³-hybridized carbons (Fsp3) is 0.647. The predicted molar refractivity (Wildman–Crippen MR) is 83.5 cm³/mol. The highest BCUT2D eigenvalue weighted by Gasteiger charge is 2.15. The van der Waals surface area contributed by atoms with Crippen molar-refractivity contribution in [2.75, 3.05) is 0 Å². The van der Waals surface area contributed by atoms with E-state index in [2.05, 4.69) is 90.3 Å². The van der Waals surface area contributed by atoms with Crippen molar-refractivity contribution in [2.45, 2.75) is 60.8 Å². The van der Waals surface area contributed by atoms with Crippen LogP contribution < -0.4 is 9.13 Å². The maximum atomic E-state index is 2.27. The molecule has 0 fully saturated rings. The first-order valence-electron chi connectivity index (χ1n) is 7.91. The Morgan fingerprint density at radius 2 is 1.43 bits per heavy atom. The summed E-state index contributed by atoms with van der Waals surface area (Å²) in [4.78, 5) is 0. The molecule has 21 heavy (non-hydrogen) atoms. The number of nitrogens with zero attached hydrogens (tertiary/aromatic N) is 4. The second kappa shape index (κ2) is 6.46. The van der Waals surface area contributed by atoms with Gasteiger partial charge in [0, 0.05) is 0 Å². The molecule has 0 spiro atoms. The molecule has 0 aliphatic carbocycles. The van der Waals surface area contributed by atoms with E-state index in [1.807, 2.05) is 0 Å². The van der Waals surface area contributed by atoms with Gasteiger partial charge in [-0.2, -0.15) is 0 Å². The maximum Gasteiger partial charge on any atom is 0.243 e. The standard InChI is InChI=1S/C17H30N4/c1-16(2)12-20-10-8-18(14-20)6-7-19-9-11-21(15-19)13-17(3,4)5/h8-11,14-16H,6-7,12-13H2,1-5H3/q+2. The first-order valence-corrected chi connectivity index (χ1v) is 7.91. The molecule has 0 atom stereocenters. The molecule has 0 unspecified atom stereocenters. The van der Waals surface area contributed by atoms with Gasteiger partial charge in [-0.05, 0) is 11.3 Å². The highest BCUT2D eigenvalue weighted by atomic mass is 15.2. The molecule has 2 aromatic rings. The Morgan fingerprint density at radius 1 is 0.905 bits per heavy atom. The Balaban J connectivity index is 1.87.